The zero-order chi connectivity index (χ0) is 20.9. The lowest BCUT2D eigenvalue weighted by atomic mass is 9.96. The molecule has 5 atom stereocenters. The molecule has 0 aromatic rings. The van der Waals surface area contributed by atoms with Crippen LogP contribution in [0, 0.1) is 11.8 Å². The van der Waals surface area contributed by atoms with Crippen LogP contribution in [-0.2, 0) is 14.3 Å². The Morgan fingerprint density at radius 1 is 1.32 bits per heavy atom. The number of ether oxygens (including phenoxy) is 1. The summed E-state index contributed by atoms with van der Waals surface area (Å²) in [6.45, 7) is 4.32. The molecule has 5 nitrogen and oxygen atoms in total. The number of unbranched alkanes of at least 4 members (excludes halogenated alkanes) is 3. The molecule has 0 aromatic carbocycles. The van der Waals surface area contributed by atoms with E-state index in [0.29, 0.717) is 18.8 Å². The van der Waals surface area contributed by atoms with Crippen LogP contribution in [0.5, 0.6) is 0 Å². The molecule has 1 rings (SSSR count). The van der Waals surface area contributed by atoms with Gasteiger partial charge in [0.05, 0.1) is 24.6 Å². The van der Waals surface area contributed by atoms with Gasteiger partial charge in [-0.05, 0) is 30.9 Å². The minimum atomic E-state index is -0.662. The molecule has 0 aromatic heterocycles. The van der Waals surface area contributed by atoms with Crippen LogP contribution in [0.3, 0.4) is 0 Å². The van der Waals surface area contributed by atoms with Gasteiger partial charge in [-0.1, -0.05) is 51.7 Å². The number of Topliss-reactive ketones (excluding diaryl/α,β-unsaturated/α-hetero) is 1. The van der Waals surface area contributed by atoms with E-state index in [1.807, 2.05) is 6.08 Å². The van der Waals surface area contributed by atoms with Crippen LogP contribution in [0.15, 0.2) is 12.2 Å². The van der Waals surface area contributed by atoms with Crippen LogP contribution in [0.1, 0.15) is 71.6 Å². The lowest BCUT2D eigenvalue weighted by Gasteiger charge is -2.18. The fourth-order valence-corrected chi connectivity index (χ4v) is 4.99. The highest BCUT2D eigenvalue weighted by atomic mass is 32.2. The van der Waals surface area contributed by atoms with Crippen LogP contribution >= 0.6 is 11.8 Å². The molecule has 2 N–H and O–H groups in total. The highest BCUT2D eigenvalue weighted by molar-refractivity contribution is 8.00. The Hall–Kier alpha value is -0.850. The second-order valence-electron chi connectivity index (χ2n) is 7.93. The molecule has 162 valence electrons. The summed E-state index contributed by atoms with van der Waals surface area (Å²) in [7, 11) is 1.39. The van der Waals surface area contributed by atoms with E-state index >= 15 is 0 Å². The maximum absolute atomic E-state index is 12.2. The van der Waals surface area contributed by atoms with E-state index in [9.17, 15) is 19.8 Å². The minimum absolute atomic E-state index is 0.0903. The van der Waals surface area contributed by atoms with Crippen molar-refractivity contribution in [3.8, 4) is 0 Å². The standard InChI is InChI=1S/C22H38O5S/c1-4-5-9-16(2)14-17(23)11-12-18-19(24)15-20(25)22(18)28-13-8-6-7-10-21(26)27-3/h11-12,16-19,22-24H,4-10,13-15H2,1-3H3/t16-,17-,18+,19-,22-/m1/s1. The lowest BCUT2D eigenvalue weighted by Crippen LogP contribution is -2.22. The topological polar surface area (TPSA) is 83.8 Å². The third kappa shape index (κ3) is 9.57. The van der Waals surface area contributed by atoms with E-state index in [4.69, 9.17) is 0 Å². The second kappa shape index (κ2) is 14.2. The van der Waals surface area contributed by atoms with Gasteiger partial charge in [0.15, 0.2) is 0 Å². The Kier molecular flexibility index (Phi) is 12.8. The van der Waals surface area contributed by atoms with Crippen LogP contribution in [-0.4, -0.2) is 52.3 Å². The van der Waals surface area contributed by atoms with E-state index < -0.39 is 12.2 Å². The first-order valence-corrected chi connectivity index (χ1v) is 11.7. The highest BCUT2D eigenvalue weighted by Gasteiger charge is 2.40. The summed E-state index contributed by atoms with van der Waals surface area (Å²) in [5.41, 5.74) is 0. The number of hydrogen-bond acceptors (Lipinski definition) is 6. The third-order valence-corrected chi connectivity index (χ3v) is 6.78. The molecule has 6 heteroatoms. The smallest absolute Gasteiger partial charge is 0.305 e. The number of aliphatic hydroxyl groups is 2. The predicted molar refractivity (Wildman–Crippen MR) is 114 cm³/mol. The summed E-state index contributed by atoms with van der Waals surface area (Å²) in [5, 5.41) is 20.3. The molecular formula is C22H38O5S. The van der Waals surface area contributed by atoms with Gasteiger partial charge in [-0.25, -0.2) is 0 Å². The quantitative estimate of drug-likeness (QED) is 0.255. The monoisotopic (exact) mass is 414 g/mol. The van der Waals surface area contributed by atoms with Gasteiger partial charge in [-0.3, -0.25) is 9.59 Å². The number of aliphatic hydroxyl groups excluding tert-OH is 2. The molecule has 0 bridgehead atoms. The lowest BCUT2D eigenvalue weighted by molar-refractivity contribution is -0.140. The van der Waals surface area contributed by atoms with Crippen molar-refractivity contribution < 1.29 is 24.5 Å². The van der Waals surface area contributed by atoms with Crippen molar-refractivity contribution in [1.82, 2.24) is 0 Å². The number of esters is 1. The maximum Gasteiger partial charge on any atom is 0.305 e. The molecule has 0 spiro atoms. The maximum atomic E-state index is 12.2. The van der Waals surface area contributed by atoms with Gasteiger partial charge >= 0.3 is 5.97 Å². The van der Waals surface area contributed by atoms with Crippen LogP contribution in [0.4, 0.5) is 0 Å². The molecule has 1 aliphatic rings. The summed E-state index contributed by atoms with van der Waals surface area (Å²) in [5.74, 6) is 0.964. The molecule has 28 heavy (non-hydrogen) atoms. The summed E-state index contributed by atoms with van der Waals surface area (Å²) in [6.07, 6.45) is 9.84. The number of ketones is 1. The summed E-state index contributed by atoms with van der Waals surface area (Å²) >= 11 is 1.59. The van der Waals surface area contributed by atoms with E-state index in [1.165, 1.54) is 13.5 Å². The predicted octanol–water partition coefficient (Wildman–Crippen LogP) is 3.91. The van der Waals surface area contributed by atoms with E-state index in [2.05, 4.69) is 18.6 Å². The Labute approximate surface area is 174 Å². The summed E-state index contributed by atoms with van der Waals surface area (Å²) in [4.78, 5) is 23.3. The SMILES string of the molecule is CCCC[C@@H](C)C[C@H](O)C=C[C@H]1[C@H](O)CC(=O)[C@@H]1SCCCCCC(=O)OC. The molecule has 1 aliphatic carbocycles. The van der Waals surface area contributed by atoms with Crippen LogP contribution < -0.4 is 0 Å². The molecule has 0 amide bonds. The Morgan fingerprint density at radius 3 is 2.75 bits per heavy atom. The van der Waals surface area contributed by atoms with E-state index in [1.54, 1.807) is 17.8 Å². The van der Waals surface area contributed by atoms with Gasteiger partial charge in [0.25, 0.3) is 0 Å². The molecule has 0 radical (unpaired) electrons. The Bertz CT molecular complexity index is 493. The Balaban J connectivity index is 2.41. The molecule has 0 saturated heterocycles. The van der Waals surface area contributed by atoms with Crippen molar-refractivity contribution in [3.63, 3.8) is 0 Å². The van der Waals surface area contributed by atoms with Gasteiger partial charge in [0, 0.05) is 18.8 Å². The van der Waals surface area contributed by atoms with E-state index in [-0.39, 0.29) is 29.3 Å². The molecule has 1 saturated carbocycles. The van der Waals surface area contributed by atoms with Gasteiger partial charge < -0.3 is 14.9 Å². The summed E-state index contributed by atoms with van der Waals surface area (Å²) in [6, 6.07) is 0. The molecular weight excluding hydrogens is 376 g/mol. The van der Waals surface area contributed by atoms with E-state index in [0.717, 1.165) is 37.9 Å². The fourth-order valence-electron chi connectivity index (χ4n) is 3.59. The van der Waals surface area contributed by atoms with Crippen molar-refractivity contribution in [2.75, 3.05) is 12.9 Å². The van der Waals surface area contributed by atoms with Gasteiger partial charge in [-0.2, -0.15) is 0 Å². The van der Waals surface area contributed by atoms with Crippen molar-refractivity contribution in [2.45, 2.75) is 89.1 Å². The third-order valence-electron chi connectivity index (χ3n) is 5.32. The number of carbonyl (C=O) groups is 2. The zero-order valence-electron chi connectivity index (χ0n) is 17.6. The number of thioether (sulfide) groups is 1. The number of rotatable bonds is 14. The highest BCUT2D eigenvalue weighted by Crippen LogP contribution is 2.34. The Morgan fingerprint density at radius 2 is 2.07 bits per heavy atom. The summed E-state index contributed by atoms with van der Waals surface area (Å²) < 4.78 is 4.62. The largest absolute Gasteiger partial charge is 0.469 e. The van der Waals surface area contributed by atoms with Gasteiger partial charge in [0.2, 0.25) is 0 Å². The zero-order valence-corrected chi connectivity index (χ0v) is 18.5. The van der Waals surface area contributed by atoms with Crippen molar-refractivity contribution in [3.05, 3.63) is 12.2 Å². The molecule has 0 aliphatic heterocycles. The fraction of sp³-hybridized carbons (Fsp3) is 0.818. The minimum Gasteiger partial charge on any atom is -0.469 e. The van der Waals surface area contributed by atoms with Crippen molar-refractivity contribution >= 4 is 23.5 Å². The first-order valence-electron chi connectivity index (χ1n) is 10.6. The van der Waals surface area contributed by atoms with Gasteiger partial charge in [-0.15, -0.1) is 11.8 Å². The first-order chi connectivity index (χ1) is 13.4. The average Bonchev–Trinajstić information content (AvgIpc) is 2.93. The molecule has 0 unspecified atom stereocenters. The number of hydrogen-bond donors (Lipinski definition) is 2. The van der Waals surface area contributed by atoms with Crippen LogP contribution in [0.2, 0.25) is 0 Å². The van der Waals surface area contributed by atoms with Gasteiger partial charge in [0.1, 0.15) is 5.78 Å². The van der Waals surface area contributed by atoms with Crippen LogP contribution in [0.25, 0.3) is 0 Å². The number of carbonyl (C=O) groups excluding carboxylic acids is 2. The first kappa shape index (κ1) is 25.2. The normalized spacial score (nSPS) is 24.6. The average molecular weight is 415 g/mol. The molecule has 1 fully saturated rings. The van der Waals surface area contributed by atoms with Crippen molar-refractivity contribution in [2.24, 2.45) is 11.8 Å². The van der Waals surface area contributed by atoms with Crippen molar-refractivity contribution in [1.29, 1.82) is 0 Å². The number of methoxy groups -OCH3 is 1. The molecule has 0 heterocycles. The second-order valence-corrected chi connectivity index (χ2v) is 9.18.